The van der Waals surface area contributed by atoms with Crippen molar-refractivity contribution in [2.45, 2.75) is 19.1 Å². The third-order valence-corrected chi connectivity index (χ3v) is 2.70. The molecule has 106 valence electrons. The summed E-state index contributed by atoms with van der Waals surface area (Å²) in [5, 5.41) is 14.4. The van der Waals surface area contributed by atoms with Gasteiger partial charge in [-0.3, -0.25) is 4.79 Å². The highest BCUT2D eigenvalue weighted by molar-refractivity contribution is 5.24. The van der Waals surface area contributed by atoms with Crippen molar-refractivity contribution in [2.75, 3.05) is 0 Å². The van der Waals surface area contributed by atoms with Gasteiger partial charge in [0.2, 0.25) is 0 Å². The highest BCUT2D eigenvalue weighted by atomic mass is 19.4. The van der Waals surface area contributed by atoms with Crippen LogP contribution in [0, 0.1) is 5.21 Å². The van der Waals surface area contributed by atoms with Crippen LogP contribution in [0.4, 0.5) is 13.2 Å². The van der Waals surface area contributed by atoms with Crippen LogP contribution in [-0.2, 0) is 19.1 Å². The lowest BCUT2D eigenvalue weighted by molar-refractivity contribution is -0.756. The first-order valence-electron chi connectivity index (χ1n) is 5.70. The molecule has 0 N–H and O–H groups in total. The zero-order chi connectivity index (χ0) is 14.8. The topological polar surface area (TPSA) is 61.8 Å². The molecule has 1 aromatic heterocycles. The number of halogens is 3. The Morgan fingerprint density at radius 1 is 1.20 bits per heavy atom. The first kappa shape index (κ1) is 14.0. The van der Waals surface area contributed by atoms with E-state index in [2.05, 4.69) is 5.10 Å². The molecule has 20 heavy (non-hydrogen) atoms. The number of aryl methyl sites for hydroxylation is 2. The van der Waals surface area contributed by atoms with Crippen molar-refractivity contribution in [3.8, 4) is 0 Å². The fraction of sp³-hybridized carbons (Fsp3) is 0.250. The van der Waals surface area contributed by atoms with Crippen molar-refractivity contribution in [3.63, 3.8) is 0 Å². The van der Waals surface area contributed by atoms with Gasteiger partial charge in [0.15, 0.2) is 0 Å². The van der Waals surface area contributed by atoms with Crippen LogP contribution in [0.25, 0.3) is 0 Å². The molecule has 0 unspecified atom stereocenters. The van der Waals surface area contributed by atoms with E-state index in [-0.39, 0.29) is 11.5 Å². The molecular weight excluding hydrogens is 275 g/mol. The van der Waals surface area contributed by atoms with Gasteiger partial charge < -0.3 is 5.21 Å². The van der Waals surface area contributed by atoms with Crippen LogP contribution < -0.4 is 10.5 Å². The fourth-order valence-corrected chi connectivity index (χ4v) is 1.65. The maximum Gasteiger partial charge on any atom is 0.416 e. The Kier molecular flexibility index (Phi) is 3.73. The lowest BCUT2D eigenvalue weighted by atomic mass is 10.1. The third kappa shape index (κ3) is 3.34. The van der Waals surface area contributed by atoms with Crippen LogP contribution in [0.15, 0.2) is 41.3 Å². The number of hydrogen-bond donors (Lipinski definition) is 0. The van der Waals surface area contributed by atoms with Gasteiger partial charge in [-0.25, -0.2) is 0 Å². The maximum atomic E-state index is 12.4. The monoisotopic (exact) mass is 285 g/mol. The summed E-state index contributed by atoms with van der Waals surface area (Å²) in [7, 11) is 0. The second kappa shape index (κ2) is 5.32. The van der Waals surface area contributed by atoms with Gasteiger partial charge in [-0.2, -0.15) is 13.2 Å². The van der Waals surface area contributed by atoms with E-state index < -0.39 is 17.3 Å². The fourth-order valence-electron chi connectivity index (χ4n) is 1.65. The second-order valence-electron chi connectivity index (χ2n) is 4.11. The van der Waals surface area contributed by atoms with Crippen LogP contribution in [0.3, 0.4) is 0 Å². The molecule has 8 heteroatoms. The minimum Gasteiger partial charge on any atom is -0.571 e. The Bertz CT molecular complexity index is 650. The van der Waals surface area contributed by atoms with E-state index in [0.29, 0.717) is 12.0 Å². The Labute approximate surface area is 111 Å². The molecule has 0 aliphatic heterocycles. The Morgan fingerprint density at radius 3 is 2.40 bits per heavy atom. The molecule has 0 radical (unpaired) electrons. The zero-order valence-electron chi connectivity index (χ0n) is 10.2. The molecule has 0 bridgehead atoms. The van der Waals surface area contributed by atoms with Gasteiger partial charge in [-0.1, -0.05) is 12.1 Å². The summed E-state index contributed by atoms with van der Waals surface area (Å²) < 4.78 is 38.3. The SMILES string of the molecule is O=c1ccn(CCc2ccc(C(F)(F)F)cc2)[n+]([O-])n1. The van der Waals surface area contributed by atoms with Crippen molar-refractivity contribution in [2.24, 2.45) is 0 Å². The third-order valence-electron chi connectivity index (χ3n) is 2.70. The van der Waals surface area contributed by atoms with Crippen molar-refractivity contribution in [1.29, 1.82) is 0 Å². The number of alkyl halides is 3. The molecule has 1 aromatic carbocycles. The van der Waals surface area contributed by atoms with Gasteiger partial charge in [-0.15, -0.1) is 4.68 Å². The van der Waals surface area contributed by atoms with Gasteiger partial charge in [-0.05, 0) is 24.1 Å². The predicted octanol–water partition coefficient (Wildman–Crippen LogP) is 1.14. The van der Waals surface area contributed by atoms with Gasteiger partial charge in [0, 0.05) is 11.0 Å². The molecule has 2 rings (SSSR count). The van der Waals surface area contributed by atoms with E-state index in [1.54, 1.807) is 0 Å². The summed E-state index contributed by atoms with van der Waals surface area (Å²) in [6.45, 7) is 0.210. The van der Waals surface area contributed by atoms with Crippen molar-refractivity contribution in [3.05, 3.63) is 63.2 Å². The molecule has 2 aromatic rings. The van der Waals surface area contributed by atoms with E-state index in [9.17, 15) is 23.2 Å². The molecule has 0 aliphatic carbocycles. The van der Waals surface area contributed by atoms with Crippen LogP contribution in [0.5, 0.6) is 0 Å². The average Bonchev–Trinajstić information content (AvgIpc) is 2.37. The van der Waals surface area contributed by atoms with Gasteiger partial charge in [0.1, 0.15) is 0 Å². The molecule has 0 saturated carbocycles. The summed E-state index contributed by atoms with van der Waals surface area (Å²) in [5.74, 6) is 0. The summed E-state index contributed by atoms with van der Waals surface area (Å²) in [6.07, 6.45) is -2.73. The smallest absolute Gasteiger partial charge is 0.416 e. The average molecular weight is 285 g/mol. The minimum atomic E-state index is -4.36. The van der Waals surface area contributed by atoms with Crippen molar-refractivity contribution >= 4 is 0 Å². The number of hydrogen-bond acceptors (Lipinski definition) is 3. The van der Waals surface area contributed by atoms with E-state index in [4.69, 9.17) is 0 Å². The number of nitrogens with zero attached hydrogens (tertiary/aromatic N) is 3. The Balaban J connectivity index is 2.06. The molecule has 0 fully saturated rings. The second-order valence-corrected chi connectivity index (χ2v) is 4.11. The highest BCUT2D eigenvalue weighted by Crippen LogP contribution is 2.29. The summed E-state index contributed by atoms with van der Waals surface area (Å²) in [4.78, 5) is 11.0. The quantitative estimate of drug-likeness (QED) is 0.627. The van der Waals surface area contributed by atoms with Gasteiger partial charge in [0.25, 0.3) is 0 Å². The van der Waals surface area contributed by atoms with Crippen LogP contribution in [-0.4, -0.2) is 9.78 Å². The highest BCUT2D eigenvalue weighted by Gasteiger charge is 2.29. The molecule has 1 heterocycles. The van der Waals surface area contributed by atoms with Crippen LogP contribution >= 0.6 is 0 Å². The normalized spacial score (nSPS) is 11.6. The molecule has 5 nitrogen and oxygen atoms in total. The van der Waals surface area contributed by atoms with Crippen LogP contribution in [0.2, 0.25) is 0 Å². The zero-order valence-corrected chi connectivity index (χ0v) is 10.2. The molecule has 0 atom stereocenters. The lowest BCUT2D eigenvalue weighted by Crippen LogP contribution is -2.47. The first-order valence-corrected chi connectivity index (χ1v) is 5.70. The van der Waals surface area contributed by atoms with Crippen molar-refractivity contribution < 1.29 is 18.1 Å². The predicted molar refractivity (Wildman–Crippen MR) is 62.6 cm³/mol. The lowest BCUT2D eigenvalue weighted by Gasteiger charge is -2.08. The van der Waals surface area contributed by atoms with Crippen molar-refractivity contribution in [1.82, 2.24) is 9.78 Å². The Hall–Kier alpha value is -2.38. The molecule has 0 aliphatic rings. The van der Waals surface area contributed by atoms with E-state index in [0.717, 1.165) is 22.9 Å². The summed E-state index contributed by atoms with van der Waals surface area (Å²) >= 11 is 0. The number of benzene rings is 1. The standard InChI is InChI=1S/C12H10F3N3O2/c13-12(14,15)10-3-1-9(2-4-10)5-7-17-8-6-11(19)16-18(17)20/h1-4,6,8H,5,7H2. The van der Waals surface area contributed by atoms with Gasteiger partial charge in [0.05, 0.1) is 23.4 Å². The minimum absolute atomic E-state index is 0.159. The molecular formula is C12H10F3N3O2. The van der Waals surface area contributed by atoms with Gasteiger partial charge >= 0.3 is 11.7 Å². The molecule has 0 spiro atoms. The summed E-state index contributed by atoms with van der Waals surface area (Å²) in [5.41, 5.74) is -0.715. The summed E-state index contributed by atoms with van der Waals surface area (Å²) in [6, 6.07) is 5.83. The van der Waals surface area contributed by atoms with Crippen LogP contribution in [0.1, 0.15) is 11.1 Å². The molecule has 0 saturated heterocycles. The van der Waals surface area contributed by atoms with E-state index >= 15 is 0 Å². The Morgan fingerprint density at radius 2 is 1.85 bits per heavy atom. The largest absolute Gasteiger partial charge is 0.571 e. The number of aromatic nitrogens is 3. The molecule has 0 amide bonds. The van der Waals surface area contributed by atoms with E-state index in [1.807, 2.05) is 0 Å². The maximum absolute atomic E-state index is 12.4. The number of rotatable bonds is 3. The van der Waals surface area contributed by atoms with E-state index in [1.165, 1.54) is 18.3 Å². The first-order chi connectivity index (χ1) is 9.36.